The Morgan fingerprint density at radius 1 is 1.00 bits per heavy atom. The summed E-state index contributed by atoms with van der Waals surface area (Å²) >= 11 is 0. The Balaban J connectivity index is 2.11. The molecule has 1 N–H and O–H groups in total. The number of anilines is 3. The van der Waals surface area contributed by atoms with E-state index in [1.54, 1.807) is 0 Å². The molecule has 2 nitrogen and oxygen atoms in total. The third-order valence-corrected chi connectivity index (χ3v) is 3.21. The zero-order chi connectivity index (χ0) is 14.4. The highest BCUT2D eigenvalue weighted by molar-refractivity contribution is 5.63. The van der Waals surface area contributed by atoms with Crippen LogP contribution in [0.4, 0.5) is 17.1 Å². The molecule has 0 aliphatic heterocycles. The molecular formula is C18H22N2. The number of hydrogen-bond donors (Lipinski definition) is 1. The van der Waals surface area contributed by atoms with Crippen molar-refractivity contribution in [2.24, 2.45) is 0 Å². The van der Waals surface area contributed by atoms with Crippen molar-refractivity contribution < 1.29 is 0 Å². The number of benzene rings is 2. The molecule has 0 amide bonds. The third-order valence-electron chi connectivity index (χ3n) is 3.21. The van der Waals surface area contributed by atoms with Crippen molar-refractivity contribution >= 4 is 17.1 Å². The van der Waals surface area contributed by atoms with E-state index in [0.717, 1.165) is 17.9 Å². The molecule has 0 atom stereocenters. The Hall–Kier alpha value is -2.22. The number of para-hydroxylation sites is 1. The Bertz CT molecular complexity index is 529. The summed E-state index contributed by atoms with van der Waals surface area (Å²) in [5.41, 5.74) is 3.42. The van der Waals surface area contributed by atoms with E-state index in [0.29, 0.717) is 6.04 Å². The van der Waals surface area contributed by atoms with E-state index >= 15 is 0 Å². The molecule has 0 heterocycles. The van der Waals surface area contributed by atoms with Gasteiger partial charge in [0.05, 0.1) is 0 Å². The zero-order valence-electron chi connectivity index (χ0n) is 12.2. The van der Waals surface area contributed by atoms with Crippen molar-refractivity contribution in [3.05, 3.63) is 67.3 Å². The van der Waals surface area contributed by atoms with Gasteiger partial charge in [0.25, 0.3) is 0 Å². The van der Waals surface area contributed by atoms with E-state index in [4.69, 9.17) is 0 Å². The van der Waals surface area contributed by atoms with E-state index in [2.05, 4.69) is 67.0 Å². The number of nitrogens with one attached hydrogen (secondary N) is 1. The molecule has 0 spiro atoms. The first-order valence-electron chi connectivity index (χ1n) is 7.00. The maximum absolute atomic E-state index is 3.83. The summed E-state index contributed by atoms with van der Waals surface area (Å²) in [5.74, 6) is 0. The Labute approximate surface area is 121 Å². The Morgan fingerprint density at radius 3 is 2.15 bits per heavy atom. The van der Waals surface area contributed by atoms with Gasteiger partial charge in [0.1, 0.15) is 0 Å². The summed E-state index contributed by atoms with van der Waals surface area (Å²) in [7, 11) is 0. The molecule has 20 heavy (non-hydrogen) atoms. The number of nitrogens with zero attached hydrogens (tertiary/aromatic N) is 1. The summed E-state index contributed by atoms with van der Waals surface area (Å²) in [6.07, 6.45) is 1.94. The van der Waals surface area contributed by atoms with Crippen LogP contribution in [0, 0.1) is 0 Å². The maximum atomic E-state index is 3.83. The molecule has 0 saturated carbocycles. The lowest BCUT2D eigenvalue weighted by molar-refractivity contribution is 0.723. The summed E-state index contributed by atoms with van der Waals surface area (Å²) < 4.78 is 0. The van der Waals surface area contributed by atoms with Gasteiger partial charge in [-0.2, -0.15) is 0 Å². The standard InChI is InChI=1S/C18H22N2/c1-4-14-20(15(2)3)18-12-10-17(11-13-18)19-16-8-6-5-7-9-16/h4-13,15,19H,1,14H2,2-3H3. The van der Waals surface area contributed by atoms with Gasteiger partial charge in [-0.25, -0.2) is 0 Å². The summed E-state index contributed by atoms with van der Waals surface area (Å²) in [4.78, 5) is 2.32. The molecular weight excluding hydrogens is 244 g/mol. The van der Waals surface area contributed by atoms with Crippen LogP contribution in [0.2, 0.25) is 0 Å². The molecule has 104 valence electrons. The normalized spacial score (nSPS) is 10.3. The Morgan fingerprint density at radius 2 is 1.60 bits per heavy atom. The van der Waals surface area contributed by atoms with Gasteiger partial charge >= 0.3 is 0 Å². The molecule has 2 rings (SSSR count). The average Bonchev–Trinajstić information content (AvgIpc) is 2.47. The van der Waals surface area contributed by atoms with Gasteiger partial charge in [0.2, 0.25) is 0 Å². The quantitative estimate of drug-likeness (QED) is 0.753. The molecule has 0 fully saturated rings. The van der Waals surface area contributed by atoms with Gasteiger partial charge in [0, 0.05) is 29.6 Å². The van der Waals surface area contributed by atoms with Gasteiger partial charge in [-0.1, -0.05) is 24.3 Å². The van der Waals surface area contributed by atoms with Crippen LogP contribution in [0.5, 0.6) is 0 Å². The van der Waals surface area contributed by atoms with Gasteiger partial charge in [-0.05, 0) is 50.2 Å². The lowest BCUT2D eigenvalue weighted by Crippen LogP contribution is -2.30. The number of hydrogen-bond acceptors (Lipinski definition) is 2. The SMILES string of the molecule is C=CCN(c1ccc(Nc2ccccc2)cc1)C(C)C. The fraction of sp³-hybridized carbons (Fsp3) is 0.222. The van der Waals surface area contributed by atoms with Crippen LogP contribution in [0.3, 0.4) is 0 Å². The molecule has 0 saturated heterocycles. The molecule has 0 aliphatic carbocycles. The number of rotatable bonds is 6. The van der Waals surface area contributed by atoms with Crippen LogP contribution in [0.15, 0.2) is 67.3 Å². The van der Waals surface area contributed by atoms with Gasteiger partial charge in [-0.3, -0.25) is 0 Å². The minimum Gasteiger partial charge on any atom is -0.365 e. The summed E-state index contributed by atoms with van der Waals surface area (Å²) in [6.45, 7) is 9.08. The highest BCUT2D eigenvalue weighted by atomic mass is 15.1. The smallest absolute Gasteiger partial charge is 0.0385 e. The summed E-state index contributed by atoms with van der Waals surface area (Å²) in [5, 5.41) is 3.39. The fourth-order valence-electron chi connectivity index (χ4n) is 2.18. The summed E-state index contributed by atoms with van der Waals surface area (Å²) in [6, 6.07) is 19.2. The molecule has 0 unspecified atom stereocenters. The van der Waals surface area contributed by atoms with Crippen molar-refractivity contribution in [2.75, 3.05) is 16.8 Å². The monoisotopic (exact) mass is 266 g/mol. The van der Waals surface area contributed by atoms with Gasteiger partial charge in [0.15, 0.2) is 0 Å². The minimum absolute atomic E-state index is 0.459. The third kappa shape index (κ3) is 3.64. The van der Waals surface area contributed by atoms with Crippen molar-refractivity contribution in [1.82, 2.24) is 0 Å². The van der Waals surface area contributed by atoms with Gasteiger partial charge in [-0.15, -0.1) is 6.58 Å². The lowest BCUT2D eigenvalue weighted by Gasteiger charge is -2.27. The molecule has 0 radical (unpaired) electrons. The van der Waals surface area contributed by atoms with E-state index in [1.165, 1.54) is 5.69 Å². The predicted molar refractivity (Wildman–Crippen MR) is 88.8 cm³/mol. The fourth-order valence-corrected chi connectivity index (χ4v) is 2.18. The second-order valence-electron chi connectivity index (χ2n) is 5.07. The van der Waals surface area contributed by atoms with Crippen LogP contribution in [-0.4, -0.2) is 12.6 Å². The van der Waals surface area contributed by atoms with Crippen molar-refractivity contribution in [3.8, 4) is 0 Å². The predicted octanol–water partition coefficient (Wildman–Crippen LogP) is 4.83. The van der Waals surface area contributed by atoms with Crippen LogP contribution in [-0.2, 0) is 0 Å². The highest BCUT2D eigenvalue weighted by Gasteiger charge is 2.08. The topological polar surface area (TPSA) is 15.3 Å². The van der Waals surface area contributed by atoms with Crippen LogP contribution in [0.1, 0.15) is 13.8 Å². The molecule has 2 heteroatoms. The second kappa shape index (κ2) is 6.80. The van der Waals surface area contributed by atoms with Crippen LogP contribution < -0.4 is 10.2 Å². The lowest BCUT2D eigenvalue weighted by atomic mass is 10.2. The molecule has 0 aliphatic rings. The molecule has 0 aromatic heterocycles. The first-order valence-corrected chi connectivity index (χ1v) is 7.00. The first kappa shape index (κ1) is 14.2. The molecule has 2 aromatic rings. The average molecular weight is 266 g/mol. The first-order chi connectivity index (χ1) is 9.70. The van der Waals surface area contributed by atoms with E-state index in [9.17, 15) is 0 Å². The molecule has 0 bridgehead atoms. The van der Waals surface area contributed by atoms with E-state index in [1.807, 2.05) is 24.3 Å². The van der Waals surface area contributed by atoms with Crippen molar-refractivity contribution in [1.29, 1.82) is 0 Å². The van der Waals surface area contributed by atoms with E-state index in [-0.39, 0.29) is 0 Å². The Kier molecular flexibility index (Phi) is 4.83. The van der Waals surface area contributed by atoms with Crippen molar-refractivity contribution in [3.63, 3.8) is 0 Å². The largest absolute Gasteiger partial charge is 0.365 e. The minimum atomic E-state index is 0.459. The van der Waals surface area contributed by atoms with Crippen LogP contribution in [0.25, 0.3) is 0 Å². The maximum Gasteiger partial charge on any atom is 0.0385 e. The van der Waals surface area contributed by atoms with Gasteiger partial charge < -0.3 is 10.2 Å². The molecule has 2 aromatic carbocycles. The van der Waals surface area contributed by atoms with Crippen molar-refractivity contribution in [2.45, 2.75) is 19.9 Å². The zero-order valence-corrected chi connectivity index (χ0v) is 12.2. The van der Waals surface area contributed by atoms with E-state index < -0.39 is 0 Å². The highest BCUT2D eigenvalue weighted by Crippen LogP contribution is 2.22. The second-order valence-corrected chi connectivity index (χ2v) is 5.07. The van der Waals surface area contributed by atoms with Crippen LogP contribution >= 0.6 is 0 Å².